The molecule has 0 radical (unpaired) electrons. The van der Waals surface area contributed by atoms with Crippen molar-refractivity contribution in [3.63, 3.8) is 0 Å². The molecule has 0 aliphatic carbocycles. The van der Waals surface area contributed by atoms with E-state index < -0.39 is 0 Å². The van der Waals surface area contributed by atoms with Crippen LogP contribution in [0.15, 0.2) is 0 Å². The van der Waals surface area contributed by atoms with Gasteiger partial charge in [0.15, 0.2) is 0 Å². The topological polar surface area (TPSA) is 26.0 Å². The molecular formula is C8H19NS. The summed E-state index contributed by atoms with van der Waals surface area (Å²) in [5, 5.41) is 0.736. The van der Waals surface area contributed by atoms with Gasteiger partial charge in [0.1, 0.15) is 0 Å². The maximum absolute atomic E-state index is 5.65. The lowest BCUT2D eigenvalue weighted by molar-refractivity contribution is 0.663. The van der Waals surface area contributed by atoms with Crippen LogP contribution >= 0.6 is 11.8 Å². The summed E-state index contributed by atoms with van der Waals surface area (Å²) in [4.78, 5) is 0. The molecule has 0 saturated carbocycles. The minimum Gasteiger partial charge on any atom is -0.328 e. The summed E-state index contributed by atoms with van der Waals surface area (Å²) in [6, 6.07) is 0.361. The van der Waals surface area contributed by atoms with E-state index in [2.05, 4.69) is 20.8 Å². The van der Waals surface area contributed by atoms with Gasteiger partial charge in [-0.15, -0.1) is 0 Å². The van der Waals surface area contributed by atoms with E-state index in [0.717, 1.165) is 11.7 Å². The lowest BCUT2D eigenvalue weighted by atomic mass is 10.2. The van der Waals surface area contributed by atoms with Crippen molar-refractivity contribution in [3.05, 3.63) is 0 Å². The molecule has 2 unspecified atom stereocenters. The molecule has 0 fully saturated rings. The molecule has 0 rings (SSSR count). The number of thioether (sulfide) groups is 1. The van der Waals surface area contributed by atoms with E-state index in [1.807, 2.05) is 11.8 Å². The molecule has 62 valence electrons. The van der Waals surface area contributed by atoms with Gasteiger partial charge in [-0.25, -0.2) is 0 Å². The largest absolute Gasteiger partial charge is 0.328 e. The highest BCUT2D eigenvalue weighted by atomic mass is 32.2. The summed E-state index contributed by atoms with van der Waals surface area (Å²) in [5.41, 5.74) is 5.65. The molecule has 2 heteroatoms. The van der Waals surface area contributed by atoms with Crippen LogP contribution < -0.4 is 5.73 Å². The van der Waals surface area contributed by atoms with Crippen LogP contribution in [0.25, 0.3) is 0 Å². The van der Waals surface area contributed by atoms with Crippen LogP contribution in [0.5, 0.6) is 0 Å². The minimum atomic E-state index is 0.361. The van der Waals surface area contributed by atoms with Crippen molar-refractivity contribution < 1.29 is 0 Å². The Bertz CT molecular complexity index is 73.7. The molecule has 2 atom stereocenters. The Morgan fingerprint density at radius 1 is 1.40 bits per heavy atom. The van der Waals surface area contributed by atoms with Gasteiger partial charge in [0, 0.05) is 11.3 Å². The molecule has 1 nitrogen and oxygen atoms in total. The van der Waals surface area contributed by atoms with Crippen molar-refractivity contribution in [2.24, 2.45) is 5.73 Å². The Kier molecular flexibility index (Phi) is 6.24. The average molecular weight is 161 g/mol. The Hall–Kier alpha value is 0.310. The molecule has 0 spiro atoms. The van der Waals surface area contributed by atoms with Crippen molar-refractivity contribution in [2.45, 2.75) is 44.9 Å². The smallest absolute Gasteiger partial charge is 0.00333 e. The molecular weight excluding hydrogens is 142 g/mol. The number of rotatable bonds is 5. The Balaban J connectivity index is 3.16. The average Bonchev–Trinajstić information content (AvgIpc) is 1.82. The Labute approximate surface area is 68.8 Å². The molecule has 2 N–H and O–H groups in total. The summed E-state index contributed by atoms with van der Waals surface area (Å²) in [7, 11) is 0. The first-order chi connectivity index (χ1) is 4.66. The minimum absolute atomic E-state index is 0.361. The summed E-state index contributed by atoms with van der Waals surface area (Å²) in [5.74, 6) is 1.27. The normalized spacial score (nSPS) is 16.8. The fourth-order valence-corrected chi connectivity index (χ4v) is 1.99. The van der Waals surface area contributed by atoms with E-state index >= 15 is 0 Å². The quantitative estimate of drug-likeness (QED) is 0.669. The fraction of sp³-hybridized carbons (Fsp3) is 1.00. The predicted octanol–water partition coefficient (Wildman–Crippen LogP) is 2.26. The molecule has 0 aromatic heterocycles. The maximum Gasteiger partial charge on any atom is 0.00333 e. The van der Waals surface area contributed by atoms with E-state index in [4.69, 9.17) is 5.73 Å². The molecule has 0 aliphatic heterocycles. The Morgan fingerprint density at radius 3 is 2.40 bits per heavy atom. The predicted molar refractivity (Wildman–Crippen MR) is 50.5 cm³/mol. The highest BCUT2D eigenvalue weighted by Gasteiger charge is 2.03. The van der Waals surface area contributed by atoms with E-state index in [9.17, 15) is 0 Å². The van der Waals surface area contributed by atoms with E-state index in [0.29, 0.717) is 6.04 Å². The van der Waals surface area contributed by atoms with Crippen molar-refractivity contribution in [1.29, 1.82) is 0 Å². The van der Waals surface area contributed by atoms with Gasteiger partial charge in [-0.1, -0.05) is 13.8 Å². The zero-order chi connectivity index (χ0) is 7.98. The molecule has 0 aromatic carbocycles. The highest BCUT2D eigenvalue weighted by molar-refractivity contribution is 7.99. The van der Waals surface area contributed by atoms with Crippen LogP contribution in [-0.2, 0) is 0 Å². The molecule has 0 saturated heterocycles. The third kappa shape index (κ3) is 6.43. The third-order valence-electron chi connectivity index (χ3n) is 1.31. The SMILES string of the molecule is CCCSC(C)CC(C)N. The zero-order valence-electron chi connectivity index (χ0n) is 7.26. The molecule has 0 aliphatic rings. The monoisotopic (exact) mass is 161 g/mol. The summed E-state index contributed by atoms with van der Waals surface area (Å²) in [6.07, 6.45) is 2.42. The number of hydrogen-bond acceptors (Lipinski definition) is 2. The zero-order valence-corrected chi connectivity index (χ0v) is 8.08. The summed E-state index contributed by atoms with van der Waals surface area (Å²) >= 11 is 2.02. The van der Waals surface area contributed by atoms with Crippen LogP contribution in [0.4, 0.5) is 0 Å². The van der Waals surface area contributed by atoms with Gasteiger partial charge in [0.2, 0.25) is 0 Å². The molecule has 10 heavy (non-hydrogen) atoms. The van der Waals surface area contributed by atoms with Gasteiger partial charge in [-0.05, 0) is 25.5 Å². The van der Waals surface area contributed by atoms with E-state index in [1.54, 1.807) is 0 Å². The van der Waals surface area contributed by atoms with Crippen molar-refractivity contribution >= 4 is 11.8 Å². The van der Waals surface area contributed by atoms with Gasteiger partial charge in [-0.2, -0.15) is 11.8 Å². The van der Waals surface area contributed by atoms with Gasteiger partial charge in [0.25, 0.3) is 0 Å². The molecule has 0 aromatic rings. The first-order valence-corrected chi connectivity index (χ1v) is 5.08. The molecule has 0 bridgehead atoms. The van der Waals surface area contributed by atoms with Crippen molar-refractivity contribution in [3.8, 4) is 0 Å². The first kappa shape index (κ1) is 10.3. The molecule has 0 heterocycles. The van der Waals surface area contributed by atoms with Crippen LogP contribution in [0, 0.1) is 0 Å². The van der Waals surface area contributed by atoms with E-state index in [1.165, 1.54) is 12.2 Å². The maximum atomic E-state index is 5.65. The first-order valence-electron chi connectivity index (χ1n) is 4.04. The second-order valence-corrected chi connectivity index (χ2v) is 4.44. The number of nitrogens with two attached hydrogens (primary N) is 1. The van der Waals surface area contributed by atoms with Crippen LogP contribution in [0.2, 0.25) is 0 Å². The van der Waals surface area contributed by atoms with Gasteiger partial charge >= 0.3 is 0 Å². The second-order valence-electron chi connectivity index (χ2n) is 2.89. The summed E-state index contributed by atoms with van der Waals surface area (Å²) < 4.78 is 0. The van der Waals surface area contributed by atoms with Gasteiger partial charge < -0.3 is 5.73 Å². The fourth-order valence-electron chi connectivity index (χ4n) is 0.911. The van der Waals surface area contributed by atoms with Crippen LogP contribution in [-0.4, -0.2) is 17.0 Å². The highest BCUT2D eigenvalue weighted by Crippen LogP contribution is 2.15. The van der Waals surface area contributed by atoms with Crippen molar-refractivity contribution in [2.75, 3.05) is 5.75 Å². The summed E-state index contributed by atoms with van der Waals surface area (Å²) in [6.45, 7) is 6.54. The van der Waals surface area contributed by atoms with Crippen molar-refractivity contribution in [1.82, 2.24) is 0 Å². The Morgan fingerprint density at radius 2 is 2.00 bits per heavy atom. The second kappa shape index (κ2) is 6.05. The lowest BCUT2D eigenvalue weighted by Gasteiger charge is -2.12. The standard InChI is InChI=1S/C8H19NS/c1-4-5-10-8(3)6-7(2)9/h7-8H,4-6,9H2,1-3H3. The lowest BCUT2D eigenvalue weighted by Crippen LogP contribution is -2.19. The number of hydrogen-bond donors (Lipinski definition) is 1. The third-order valence-corrected chi connectivity index (χ3v) is 2.72. The van der Waals surface area contributed by atoms with Gasteiger partial charge in [-0.3, -0.25) is 0 Å². The van der Waals surface area contributed by atoms with Gasteiger partial charge in [0.05, 0.1) is 0 Å². The van der Waals surface area contributed by atoms with Crippen LogP contribution in [0.3, 0.4) is 0 Å². The van der Waals surface area contributed by atoms with E-state index in [-0.39, 0.29) is 0 Å². The van der Waals surface area contributed by atoms with Crippen LogP contribution in [0.1, 0.15) is 33.6 Å². The molecule has 0 amide bonds.